The van der Waals surface area contributed by atoms with Crippen LogP contribution in [0.15, 0.2) is 30.5 Å². The van der Waals surface area contributed by atoms with Crippen molar-refractivity contribution in [3.05, 3.63) is 47.3 Å². The van der Waals surface area contributed by atoms with Crippen LogP contribution in [0.4, 0.5) is 0 Å². The molecular weight excluding hydrogens is 364 g/mol. The standard InChI is InChI=1S/C23H32N4O2/c1-3-4-5-6-23(29)26-15-22(28)21(27-14-19(24-25-27)17-11-12-17)13-20(26)18-9-7-16(2)8-10-18/h7-10,14,17,20-22,28H,3-6,11-13,15H2,1-2H3/t20-,21+,22+/m1/s1. The predicted molar refractivity (Wildman–Crippen MR) is 111 cm³/mol. The summed E-state index contributed by atoms with van der Waals surface area (Å²) in [5.74, 6) is 0.674. The van der Waals surface area contributed by atoms with Crippen molar-refractivity contribution in [3.8, 4) is 0 Å². The molecule has 1 N–H and O–H groups in total. The summed E-state index contributed by atoms with van der Waals surface area (Å²) in [6.45, 7) is 4.55. The van der Waals surface area contributed by atoms with Crippen molar-refractivity contribution in [2.24, 2.45) is 0 Å². The van der Waals surface area contributed by atoms with E-state index in [0.29, 0.717) is 25.3 Å². The lowest BCUT2D eigenvalue weighted by Gasteiger charge is -2.42. The Morgan fingerprint density at radius 2 is 1.97 bits per heavy atom. The van der Waals surface area contributed by atoms with E-state index in [-0.39, 0.29) is 18.0 Å². The fraction of sp³-hybridized carbons (Fsp3) is 0.609. The minimum absolute atomic E-state index is 0.0494. The molecule has 0 spiro atoms. The number of aryl methyl sites for hydroxylation is 1. The Balaban J connectivity index is 1.57. The summed E-state index contributed by atoms with van der Waals surface area (Å²) in [5, 5.41) is 19.6. The Bertz CT molecular complexity index is 828. The van der Waals surface area contributed by atoms with E-state index >= 15 is 0 Å². The Labute approximate surface area is 172 Å². The second-order valence-corrected chi connectivity index (χ2v) is 8.70. The van der Waals surface area contributed by atoms with Crippen LogP contribution in [0.25, 0.3) is 0 Å². The van der Waals surface area contributed by atoms with Crippen molar-refractivity contribution >= 4 is 5.91 Å². The lowest BCUT2D eigenvalue weighted by molar-refractivity contribution is -0.140. The number of β-amino-alcohol motifs (C(OH)–C–C–N with tert-alkyl or cyclic N) is 1. The first-order valence-corrected chi connectivity index (χ1v) is 11.0. The van der Waals surface area contributed by atoms with Gasteiger partial charge in [-0.3, -0.25) is 4.79 Å². The molecule has 4 rings (SSSR count). The van der Waals surface area contributed by atoms with Crippen LogP contribution in [-0.4, -0.2) is 43.6 Å². The first kappa shape index (κ1) is 20.1. The van der Waals surface area contributed by atoms with Gasteiger partial charge in [-0.05, 0) is 38.2 Å². The maximum Gasteiger partial charge on any atom is 0.223 e. The van der Waals surface area contributed by atoms with E-state index in [4.69, 9.17) is 0 Å². The van der Waals surface area contributed by atoms with Crippen molar-refractivity contribution in [1.29, 1.82) is 0 Å². The number of aliphatic hydroxyl groups excluding tert-OH is 1. The highest BCUT2D eigenvalue weighted by molar-refractivity contribution is 5.77. The van der Waals surface area contributed by atoms with Crippen LogP contribution in [-0.2, 0) is 4.79 Å². The molecule has 1 aromatic heterocycles. The molecule has 0 radical (unpaired) electrons. The summed E-state index contributed by atoms with van der Waals surface area (Å²) in [6.07, 6.45) is 7.96. The van der Waals surface area contributed by atoms with Crippen molar-refractivity contribution in [2.45, 2.75) is 82.9 Å². The summed E-state index contributed by atoms with van der Waals surface area (Å²) in [5.41, 5.74) is 3.35. The van der Waals surface area contributed by atoms with Crippen molar-refractivity contribution in [1.82, 2.24) is 19.9 Å². The number of carbonyl (C=O) groups excluding carboxylic acids is 1. The predicted octanol–water partition coefficient (Wildman–Crippen LogP) is 3.92. The van der Waals surface area contributed by atoms with E-state index < -0.39 is 6.10 Å². The summed E-state index contributed by atoms with van der Waals surface area (Å²) in [6, 6.07) is 8.19. The molecule has 2 heterocycles. The molecule has 2 fully saturated rings. The Kier molecular flexibility index (Phi) is 5.99. The first-order valence-electron chi connectivity index (χ1n) is 11.0. The van der Waals surface area contributed by atoms with E-state index in [2.05, 4.69) is 48.4 Å². The van der Waals surface area contributed by atoms with Crippen LogP contribution in [0.5, 0.6) is 0 Å². The molecule has 156 valence electrons. The summed E-state index contributed by atoms with van der Waals surface area (Å²) in [4.78, 5) is 14.9. The van der Waals surface area contributed by atoms with Crippen LogP contribution in [0, 0.1) is 6.92 Å². The third-order valence-electron chi connectivity index (χ3n) is 6.31. The fourth-order valence-electron chi connectivity index (χ4n) is 4.32. The zero-order valence-corrected chi connectivity index (χ0v) is 17.5. The zero-order valence-electron chi connectivity index (χ0n) is 17.5. The Morgan fingerprint density at radius 1 is 1.21 bits per heavy atom. The molecule has 1 aliphatic heterocycles. The number of hydrogen-bond donors (Lipinski definition) is 1. The molecule has 0 bridgehead atoms. The molecule has 6 heteroatoms. The summed E-state index contributed by atoms with van der Waals surface area (Å²) >= 11 is 0. The van der Waals surface area contributed by atoms with Gasteiger partial charge in [0.2, 0.25) is 5.91 Å². The molecule has 2 aliphatic rings. The highest BCUT2D eigenvalue weighted by atomic mass is 16.3. The molecule has 1 saturated carbocycles. The van der Waals surface area contributed by atoms with E-state index in [1.165, 1.54) is 18.4 Å². The molecule has 1 aliphatic carbocycles. The average molecular weight is 397 g/mol. The highest BCUT2D eigenvalue weighted by Gasteiger charge is 2.39. The number of amides is 1. The van der Waals surface area contributed by atoms with Crippen LogP contribution >= 0.6 is 0 Å². The van der Waals surface area contributed by atoms with Crippen LogP contribution in [0.1, 0.15) is 86.7 Å². The summed E-state index contributed by atoms with van der Waals surface area (Å²) in [7, 11) is 0. The number of unbranched alkanes of at least 4 members (excludes halogenated alkanes) is 2. The van der Waals surface area contributed by atoms with E-state index in [9.17, 15) is 9.90 Å². The molecule has 29 heavy (non-hydrogen) atoms. The number of benzene rings is 1. The number of hydrogen-bond acceptors (Lipinski definition) is 4. The SMILES string of the molecule is CCCCCC(=O)N1C[C@H](O)[C@@H](n2cc(C3CC3)nn2)C[C@@H]1c1ccc(C)cc1. The van der Waals surface area contributed by atoms with Gasteiger partial charge in [0.15, 0.2) is 0 Å². The molecule has 3 atom stereocenters. The van der Waals surface area contributed by atoms with Gasteiger partial charge in [-0.15, -0.1) is 5.10 Å². The van der Waals surface area contributed by atoms with Gasteiger partial charge in [0, 0.05) is 25.1 Å². The number of carbonyl (C=O) groups is 1. The molecule has 0 unspecified atom stereocenters. The van der Waals surface area contributed by atoms with Gasteiger partial charge in [-0.25, -0.2) is 4.68 Å². The zero-order chi connectivity index (χ0) is 20.4. The van der Waals surface area contributed by atoms with Gasteiger partial charge in [0.05, 0.1) is 23.9 Å². The molecule has 1 amide bonds. The monoisotopic (exact) mass is 396 g/mol. The van der Waals surface area contributed by atoms with Gasteiger partial charge in [-0.2, -0.15) is 0 Å². The van der Waals surface area contributed by atoms with Crippen LogP contribution in [0.3, 0.4) is 0 Å². The van der Waals surface area contributed by atoms with E-state index in [1.54, 1.807) is 0 Å². The number of aromatic nitrogens is 3. The van der Waals surface area contributed by atoms with Gasteiger partial charge in [0.25, 0.3) is 0 Å². The topological polar surface area (TPSA) is 71.2 Å². The maximum absolute atomic E-state index is 13.0. The van der Waals surface area contributed by atoms with E-state index in [0.717, 1.165) is 30.5 Å². The lowest BCUT2D eigenvalue weighted by Crippen LogP contribution is -2.49. The van der Waals surface area contributed by atoms with E-state index in [1.807, 2.05) is 15.8 Å². The maximum atomic E-state index is 13.0. The highest BCUT2D eigenvalue weighted by Crippen LogP contribution is 2.41. The normalized spacial score (nSPS) is 24.7. The molecule has 6 nitrogen and oxygen atoms in total. The minimum atomic E-state index is -0.638. The average Bonchev–Trinajstić information content (AvgIpc) is 3.46. The number of nitrogens with zero attached hydrogens (tertiary/aromatic N) is 4. The third kappa shape index (κ3) is 4.53. The smallest absolute Gasteiger partial charge is 0.223 e. The first-order chi connectivity index (χ1) is 14.1. The molecule has 1 aromatic carbocycles. The Hall–Kier alpha value is -2.21. The second-order valence-electron chi connectivity index (χ2n) is 8.70. The van der Waals surface area contributed by atoms with Gasteiger partial charge in [0.1, 0.15) is 0 Å². The van der Waals surface area contributed by atoms with Crippen LogP contribution in [0.2, 0.25) is 0 Å². The third-order valence-corrected chi connectivity index (χ3v) is 6.31. The number of likely N-dealkylation sites (tertiary alicyclic amines) is 1. The largest absolute Gasteiger partial charge is 0.389 e. The van der Waals surface area contributed by atoms with Gasteiger partial charge in [-0.1, -0.05) is 54.8 Å². The second kappa shape index (κ2) is 8.66. The number of piperidine rings is 1. The lowest BCUT2D eigenvalue weighted by atomic mass is 9.89. The number of rotatable bonds is 7. The molecular formula is C23H32N4O2. The quantitative estimate of drug-likeness (QED) is 0.720. The van der Waals surface area contributed by atoms with Crippen molar-refractivity contribution < 1.29 is 9.90 Å². The van der Waals surface area contributed by atoms with Gasteiger partial charge < -0.3 is 10.0 Å². The van der Waals surface area contributed by atoms with Crippen LogP contribution < -0.4 is 0 Å². The Morgan fingerprint density at radius 3 is 2.66 bits per heavy atom. The summed E-state index contributed by atoms with van der Waals surface area (Å²) < 4.78 is 1.83. The number of aliphatic hydroxyl groups is 1. The van der Waals surface area contributed by atoms with Crippen molar-refractivity contribution in [3.63, 3.8) is 0 Å². The minimum Gasteiger partial charge on any atom is -0.389 e. The molecule has 2 aromatic rings. The molecule has 1 saturated heterocycles. The van der Waals surface area contributed by atoms with Crippen molar-refractivity contribution in [2.75, 3.05) is 6.54 Å². The fourth-order valence-corrected chi connectivity index (χ4v) is 4.32. The van der Waals surface area contributed by atoms with Gasteiger partial charge >= 0.3 is 0 Å².